The van der Waals surface area contributed by atoms with Gasteiger partial charge in [-0.3, -0.25) is 4.90 Å². The fourth-order valence-corrected chi connectivity index (χ4v) is 4.88. The van der Waals surface area contributed by atoms with Crippen molar-refractivity contribution in [3.8, 4) is 11.4 Å². The zero-order valence-electron chi connectivity index (χ0n) is 18.6. The summed E-state index contributed by atoms with van der Waals surface area (Å²) in [6.07, 6.45) is 8.35. The largest absolute Gasteiger partial charge is 0.378 e. The highest BCUT2D eigenvalue weighted by Gasteiger charge is 2.41. The lowest BCUT2D eigenvalue weighted by Gasteiger charge is -2.32. The quantitative estimate of drug-likeness (QED) is 0.626. The lowest BCUT2D eigenvalue weighted by atomic mass is 10.2. The number of fused-ring (bicyclic) bond motifs is 2. The van der Waals surface area contributed by atoms with Gasteiger partial charge >= 0.3 is 0 Å². The molecule has 6 heterocycles. The summed E-state index contributed by atoms with van der Waals surface area (Å²) in [5, 5.41) is 3.25. The third-order valence-electron chi connectivity index (χ3n) is 6.70. The van der Waals surface area contributed by atoms with E-state index in [1.807, 2.05) is 18.3 Å². The molecule has 3 aromatic heterocycles. The molecule has 0 spiro atoms. The summed E-state index contributed by atoms with van der Waals surface area (Å²) < 4.78 is 5.40. The molecule has 3 fully saturated rings. The number of nitrogens with one attached hydrogen (secondary N) is 1. The van der Waals surface area contributed by atoms with Crippen molar-refractivity contribution in [3.63, 3.8) is 0 Å². The predicted molar refractivity (Wildman–Crippen MR) is 126 cm³/mol. The molecular formula is C23H27N9O. The normalized spacial score (nSPS) is 22.7. The van der Waals surface area contributed by atoms with Gasteiger partial charge in [-0.2, -0.15) is 0 Å². The second-order valence-corrected chi connectivity index (χ2v) is 8.79. The van der Waals surface area contributed by atoms with E-state index in [9.17, 15) is 0 Å². The summed E-state index contributed by atoms with van der Waals surface area (Å²) in [6.45, 7) is 5.27. The van der Waals surface area contributed by atoms with Gasteiger partial charge in [-0.15, -0.1) is 0 Å². The van der Waals surface area contributed by atoms with Crippen LogP contribution in [-0.2, 0) is 4.74 Å². The first-order valence-electron chi connectivity index (χ1n) is 11.4. The second-order valence-electron chi connectivity index (χ2n) is 8.79. The van der Waals surface area contributed by atoms with Crippen molar-refractivity contribution in [1.29, 1.82) is 0 Å². The van der Waals surface area contributed by atoms with Gasteiger partial charge in [0, 0.05) is 44.5 Å². The molecule has 10 nitrogen and oxygen atoms in total. The Morgan fingerprint density at radius 2 is 1.76 bits per heavy atom. The molecule has 6 rings (SSSR count). The number of rotatable bonds is 5. The van der Waals surface area contributed by atoms with Crippen LogP contribution in [0.4, 0.5) is 23.3 Å². The molecule has 3 aromatic rings. The van der Waals surface area contributed by atoms with E-state index in [0.29, 0.717) is 23.7 Å². The molecule has 0 saturated carbocycles. The molecule has 33 heavy (non-hydrogen) atoms. The Bertz CT molecular complexity index is 1100. The van der Waals surface area contributed by atoms with Gasteiger partial charge < -0.3 is 19.9 Å². The van der Waals surface area contributed by atoms with Gasteiger partial charge in [0.25, 0.3) is 0 Å². The van der Waals surface area contributed by atoms with E-state index in [-0.39, 0.29) is 0 Å². The summed E-state index contributed by atoms with van der Waals surface area (Å²) in [5.74, 6) is 2.40. The highest BCUT2D eigenvalue weighted by atomic mass is 16.5. The Labute approximate surface area is 192 Å². The first-order chi connectivity index (χ1) is 16.2. The van der Waals surface area contributed by atoms with Crippen LogP contribution >= 0.6 is 0 Å². The predicted octanol–water partition coefficient (Wildman–Crippen LogP) is 1.80. The average molecular weight is 446 g/mol. The average Bonchev–Trinajstić information content (AvgIpc) is 3.45. The van der Waals surface area contributed by atoms with E-state index in [4.69, 9.17) is 4.74 Å². The Hall–Kier alpha value is -3.37. The van der Waals surface area contributed by atoms with E-state index >= 15 is 0 Å². The Balaban J connectivity index is 1.13. The van der Waals surface area contributed by atoms with E-state index in [1.54, 1.807) is 18.6 Å². The van der Waals surface area contributed by atoms with Gasteiger partial charge in [0.05, 0.1) is 43.2 Å². The van der Waals surface area contributed by atoms with Crippen LogP contribution in [0.15, 0.2) is 43.0 Å². The van der Waals surface area contributed by atoms with Crippen molar-refractivity contribution in [2.75, 3.05) is 61.6 Å². The van der Waals surface area contributed by atoms with Crippen LogP contribution in [0.5, 0.6) is 0 Å². The monoisotopic (exact) mass is 445 g/mol. The smallest absolute Gasteiger partial charge is 0.227 e. The summed E-state index contributed by atoms with van der Waals surface area (Å²) in [6, 6.07) is 7.16. The molecule has 3 aliphatic heterocycles. The fourth-order valence-electron chi connectivity index (χ4n) is 4.88. The summed E-state index contributed by atoms with van der Waals surface area (Å²) in [4.78, 5) is 29.8. The zero-order valence-corrected chi connectivity index (χ0v) is 18.6. The number of hydrogen-bond donors (Lipinski definition) is 1. The lowest BCUT2D eigenvalue weighted by Crippen LogP contribution is -2.44. The van der Waals surface area contributed by atoms with E-state index in [2.05, 4.69) is 58.1 Å². The molecule has 0 radical (unpaired) electrons. The Morgan fingerprint density at radius 1 is 0.879 bits per heavy atom. The maximum atomic E-state index is 5.40. The Morgan fingerprint density at radius 3 is 2.45 bits per heavy atom. The van der Waals surface area contributed by atoms with Crippen molar-refractivity contribution in [3.05, 3.63) is 43.0 Å². The number of aromatic nitrogens is 5. The van der Waals surface area contributed by atoms with Crippen molar-refractivity contribution in [2.45, 2.75) is 18.5 Å². The van der Waals surface area contributed by atoms with Crippen LogP contribution in [0.2, 0.25) is 0 Å². The van der Waals surface area contributed by atoms with E-state index in [0.717, 1.165) is 62.4 Å². The number of piperazine rings is 1. The summed E-state index contributed by atoms with van der Waals surface area (Å²) >= 11 is 0. The van der Waals surface area contributed by atoms with Gasteiger partial charge in [-0.1, -0.05) is 0 Å². The number of likely N-dealkylation sites (tertiary alicyclic amines) is 1. The topological polar surface area (TPSA) is 95.4 Å². The lowest BCUT2D eigenvalue weighted by molar-refractivity contribution is 0.122. The SMILES string of the molecule is CN1C[C@@H]2C[C@H]1CN2c1ccc(Nc2nccc(-c3cnc(N4CCOCC4)cn3)n2)cn1. The summed E-state index contributed by atoms with van der Waals surface area (Å²) in [5.41, 5.74) is 2.28. The second kappa shape index (κ2) is 8.53. The molecule has 2 bridgehead atoms. The van der Waals surface area contributed by atoms with Crippen molar-refractivity contribution in [1.82, 2.24) is 29.8 Å². The highest BCUT2D eigenvalue weighted by molar-refractivity contribution is 5.60. The molecule has 0 aromatic carbocycles. The minimum atomic E-state index is 0.503. The van der Waals surface area contributed by atoms with Crippen LogP contribution in [0.3, 0.4) is 0 Å². The molecule has 0 aliphatic carbocycles. The van der Waals surface area contributed by atoms with Crippen LogP contribution in [0.1, 0.15) is 6.42 Å². The number of anilines is 4. The van der Waals surface area contributed by atoms with Gasteiger partial charge in [0.15, 0.2) is 0 Å². The highest BCUT2D eigenvalue weighted by Crippen LogP contribution is 2.33. The first-order valence-corrected chi connectivity index (χ1v) is 11.4. The number of hydrogen-bond acceptors (Lipinski definition) is 10. The van der Waals surface area contributed by atoms with Crippen molar-refractivity contribution >= 4 is 23.3 Å². The third kappa shape index (κ3) is 4.07. The number of likely N-dealkylation sites (N-methyl/N-ethyl adjacent to an activating group) is 1. The molecule has 170 valence electrons. The molecule has 1 N–H and O–H groups in total. The Kier molecular flexibility index (Phi) is 5.23. The summed E-state index contributed by atoms with van der Waals surface area (Å²) in [7, 11) is 2.21. The van der Waals surface area contributed by atoms with Crippen LogP contribution in [-0.4, -0.2) is 88.3 Å². The van der Waals surface area contributed by atoms with Gasteiger partial charge in [-0.25, -0.2) is 24.9 Å². The minimum Gasteiger partial charge on any atom is -0.378 e. The number of nitrogens with zero attached hydrogens (tertiary/aromatic N) is 8. The third-order valence-corrected chi connectivity index (χ3v) is 6.70. The van der Waals surface area contributed by atoms with Gasteiger partial charge in [0.2, 0.25) is 5.95 Å². The zero-order chi connectivity index (χ0) is 22.2. The number of morpholine rings is 1. The number of ether oxygens (including phenoxy) is 1. The molecule has 3 saturated heterocycles. The molecular weight excluding hydrogens is 418 g/mol. The van der Waals surface area contributed by atoms with Gasteiger partial charge in [-0.05, 0) is 31.7 Å². The molecule has 3 aliphatic rings. The minimum absolute atomic E-state index is 0.503. The molecule has 10 heteroatoms. The van der Waals surface area contributed by atoms with E-state index < -0.39 is 0 Å². The van der Waals surface area contributed by atoms with Gasteiger partial charge in [0.1, 0.15) is 17.3 Å². The molecule has 2 atom stereocenters. The first kappa shape index (κ1) is 20.3. The molecule has 0 unspecified atom stereocenters. The van der Waals surface area contributed by atoms with Crippen molar-refractivity contribution in [2.24, 2.45) is 0 Å². The van der Waals surface area contributed by atoms with Crippen LogP contribution < -0.4 is 15.1 Å². The molecule has 0 amide bonds. The van der Waals surface area contributed by atoms with Crippen LogP contribution in [0, 0.1) is 0 Å². The maximum Gasteiger partial charge on any atom is 0.227 e. The van der Waals surface area contributed by atoms with Crippen molar-refractivity contribution < 1.29 is 4.74 Å². The standard InChI is InChI=1S/C23H27N9O/c1-30-14-18-10-17(30)15-32(18)21-3-2-16(11-26-21)28-23-24-5-4-19(29-23)20-12-27-22(13-25-20)31-6-8-33-9-7-31/h2-5,11-13,17-18H,6-10,14-15H2,1H3,(H,24,28,29)/t17-,18-/m0/s1. The number of pyridine rings is 1. The fraction of sp³-hybridized carbons (Fsp3) is 0.435. The maximum absolute atomic E-state index is 5.40. The van der Waals surface area contributed by atoms with E-state index in [1.165, 1.54) is 6.42 Å². The van der Waals surface area contributed by atoms with Crippen LogP contribution in [0.25, 0.3) is 11.4 Å².